The Balaban J connectivity index is 2.00. The van der Waals surface area contributed by atoms with Crippen molar-refractivity contribution in [1.82, 2.24) is 10.8 Å². The predicted molar refractivity (Wildman–Crippen MR) is 95.0 cm³/mol. The number of carboxylic acid groups (broad SMARTS) is 1. The van der Waals surface area contributed by atoms with Crippen LogP contribution in [0.3, 0.4) is 0 Å². The Morgan fingerprint density at radius 2 is 1.80 bits per heavy atom. The summed E-state index contributed by atoms with van der Waals surface area (Å²) < 4.78 is 0. The summed E-state index contributed by atoms with van der Waals surface area (Å²) in [4.78, 5) is 22.6. The van der Waals surface area contributed by atoms with Crippen molar-refractivity contribution in [3.63, 3.8) is 0 Å². The lowest BCUT2D eigenvalue weighted by atomic mass is 9.83. The van der Waals surface area contributed by atoms with Crippen LogP contribution in [0.2, 0.25) is 0 Å². The first-order valence-corrected chi connectivity index (χ1v) is 8.72. The molecule has 2 atom stereocenters. The lowest BCUT2D eigenvalue weighted by Crippen LogP contribution is -2.44. The first-order valence-electron chi connectivity index (χ1n) is 8.72. The maximum Gasteiger partial charge on any atom is 0.320 e. The first kappa shape index (κ1) is 19.1. The number of rotatable bonds is 7. The van der Waals surface area contributed by atoms with E-state index >= 15 is 0 Å². The van der Waals surface area contributed by atoms with E-state index in [2.05, 4.69) is 5.32 Å². The van der Waals surface area contributed by atoms with Crippen molar-refractivity contribution >= 4 is 18.0 Å². The third-order valence-electron chi connectivity index (χ3n) is 4.79. The zero-order valence-corrected chi connectivity index (χ0v) is 14.4. The fourth-order valence-electron chi connectivity index (χ4n) is 3.35. The molecule has 1 aromatic rings. The van der Waals surface area contributed by atoms with Gasteiger partial charge in [0.25, 0.3) is 5.91 Å². The predicted octanol–water partition coefficient (Wildman–Crippen LogP) is 2.89. The van der Waals surface area contributed by atoms with Gasteiger partial charge in [-0.2, -0.15) is 0 Å². The maximum atomic E-state index is 11.7. The molecule has 1 amide bonds. The van der Waals surface area contributed by atoms with E-state index in [4.69, 9.17) is 5.21 Å². The zero-order valence-electron chi connectivity index (χ0n) is 14.4. The number of carboxylic acids is 1. The van der Waals surface area contributed by atoms with Crippen molar-refractivity contribution in [1.29, 1.82) is 0 Å². The Morgan fingerprint density at radius 3 is 2.36 bits per heavy atom. The molecule has 1 aliphatic rings. The summed E-state index contributed by atoms with van der Waals surface area (Å²) in [6, 6.07) is 6.92. The summed E-state index contributed by atoms with van der Waals surface area (Å²) in [5.74, 6) is -1.18. The van der Waals surface area contributed by atoms with Crippen LogP contribution in [0, 0.1) is 5.92 Å². The van der Waals surface area contributed by atoms with Crippen molar-refractivity contribution < 1.29 is 19.9 Å². The Kier molecular flexibility index (Phi) is 7.16. The second-order valence-electron chi connectivity index (χ2n) is 6.58. The van der Waals surface area contributed by atoms with E-state index in [1.807, 2.05) is 31.2 Å². The molecule has 6 nitrogen and oxygen atoms in total. The molecule has 0 bridgehead atoms. The van der Waals surface area contributed by atoms with Gasteiger partial charge in [0, 0.05) is 12.1 Å². The molecule has 1 aromatic carbocycles. The van der Waals surface area contributed by atoms with Crippen molar-refractivity contribution in [3.05, 3.63) is 41.5 Å². The summed E-state index contributed by atoms with van der Waals surface area (Å²) in [6.07, 6.45) is 8.16. The topological polar surface area (TPSA) is 98.7 Å². The molecule has 1 fully saturated rings. The smallest absolute Gasteiger partial charge is 0.320 e. The fourth-order valence-corrected chi connectivity index (χ4v) is 3.35. The van der Waals surface area contributed by atoms with Crippen molar-refractivity contribution in [2.24, 2.45) is 5.92 Å². The number of benzene rings is 1. The van der Waals surface area contributed by atoms with Crippen LogP contribution in [0.15, 0.2) is 30.3 Å². The van der Waals surface area contributed by atoms with Crippen LogP contribution in [0.4, 0.5) is 0 Å². The number of hydroxylamine groups is 1. The molecule has 2 rings (SSSR count). The van der Waals surface area contributed by atoms with Gasteiger partial charge in [-0.15, -0.1) is 0 Å². The SMILES string of the molecule is CC(N[C@H](C(=O)O)C1CCCCC1)c1ccc(C=CC(=O)NO)cc1. The Labute approximate surface area is 147 Å². The highest BCUT2D eigenvalue weighted by atomic mass is 16.5. The van der Waals surface area contributed by atoms with E-state index < -0.39 is 17.9 Å². The summed E-state index contributed by atoms with van der Waals surface area (Å²) >= 11 is 0. The van der Waals surface area contributed by atoms with Crippen molar-refractivity contribution in [2.45, 2.75) is 51.1 Å². The highest BCUT2D eigenvalue weighted by Gasteiger charge is 2.30. The summed E-state index contributed by atoms with van der Waals surface area (Å²) in [6.45, 7) is 1.96. The summed E-state index contributed by atoms with van der Waals surface area (Å²) in [5, 5.41) is 21.3. The lowest BCUT2D eigenvalue weighted by Gasteiger charge is -2.30. The number of aliphatic carboxylic acids is 1. The van der Waals surface area contributed by atoms with Gasteiger partial charge in [0.05, 0.1) is 0 Å². The Morgan fingerprint density at radius 1 is 1.16 bits per heavy atom. The molecule has 0 saturated heterocycles. The molecule has 4 N–H and O–H groups in total. The van der Waals surface area contributed by atoms with Crippen molar-refractivity contribution in [2.75, 3.05) is 0 Å². The normalized spacial score (nSPS) is 18.0. The van der Waals surface area contributed by atoms with Gasteiger partial charge in [-0.05, 0) is 42.9 Å². The van der Waals surface area contributed by atoms with Crippen LogP contribution in [-0.4, -0.2) is 28.2 Å². The molecule has 1 saturated carbocycles. The van der Waals surface area contributed by atoms with Gasteiger partial charge in [-0.25, -0.2) is 5.48 Å². The van der Waals surface area contributed by atoms with Crippen LogP contribution >= 0.6 is 0 Å². The van der Waals surface area contributed by atoms with Crippen LogP contribution in [0.1, 0.15) is 56.2 Å². The molecular formula is C19H26N2O4. The third-order valence-corrected chi connectivity index (χ3v) is 4.79. The van der Waals surface area contributed by atoms with E-state index in [0.29, 0.717) is 0 Å². The molecule has 0 radical (unpaired) electrons. The molecule has 0 heterocycles. The third kappa shape index (κ3) is 5.69. The van der Waals surface area contributed by atoms with Crippen LogP contribution in [0.5, 0.6) is 0 Å². The molecule has 136 valence electrons. The molecule has 0 aliphatic heterocycles. The van der Waals surface area contributed by atoms with E-state index in [-0.39, 0.29) is 12.0 Å². The number of carbonyl (C=O) groups excluding carboxylic acids is 1. The number of nitrogens with one attached hydrogen (secondary N) is 2. The molecule has 25 heavy (non-hydrogen) atoms. The monoisotopic (exact) mass is 346 g/mol. The van der Waals surface area contributed by atoms with E-state index in [1.165, 1.54) is 18.0 Å². The molecule has 1 unspecified atom stereocenters. The highest BCUT2D eigenvalue weighted by molar-refractivity contribution is 5.90. The molecule has 0 aromatic heterocycles. The van der Waals surface area contributed by atoms with Crippen LogP contribution < -0.4 is 10.8 Å². The maximum absolute atomic E-state index is 11.7. The van der Waals surface area contributed by atoms with E-state index in [1.54, 1.807) is 6.08 Å². The Bertz CT molecular complexity index is 606. The van der Waals surface area contributed by atoms with Gasteiger partial charge in [0.2, 0.25) is 0 Å². The average molecular weight is 346 g/mol. The quantitative estimate of drug-likeness (QED) is 0.346. The number of hydrogen-bond acceptors (Lipinski definition) is 4. The van der Waals surface area contributed by atoms with Gasteiger partial charge in [0.1, 0.15) is 6.04 Å². The van der Waals surface area contributed by atoms with Gasteiger partial charge in [-0.3, -0.25) is 20.1 Å². The van der Waals surface area contributed by atoms with E-state index in [9.17, 15) is 14.7 Å². The van der Waals surface area contributed by atoms with Gasteiger partial charge in [-0.1, -0.05) is 43.5 Å². The fraction of sp³-hybridized carbons (Fsp3) is 0.474. The van der Waals surface area contributed by atoms with Crippen molar-refractivity contribution in [3.8, 4) is 0 Å². The zero-order chi connectivity index (χ0) is 18.2. The molecular weight excluding hydrogens is 320 g/mol. The second-order valence-corrected chi connectivity index (χ2v) is 6.58. The minimum atomic E-state index is -0.784. The van der Waals surface area contributed by atoms with Gasteiger partial charge < -0.3 is 5.11 Å². The number of hydrogen-bond donors (Lipinski definition) is 4. The largest absolute Gasteiger partial charge is 0.480 e. The minimum Gasteiger partial charge on any atom is -0.480 e. The van der Waals surface area contributed by atoms with E-state index in [0.717, 1.165) is 36.8 Å². The Hall–Kier alpha value is -2.18. The van der Waals surface area contributed by atoms with Crippen LogP contribution in [0.25, 0.3) is 6.08 Å². The summed E-state index contributed by atoms with van der Waals surface area (Å²) in [5.41, 5.74) is 3.35. The minimum absolute atomic E-state index is 0.0817. The van der Waals surface area contributed by atoms with Gasteiger partial charge in [0.15, 0.2) is 0 Å². The van der Waals surface area contributed by atoms with Gasteiger partial charge >= 0.3 is 5.97 Å². The molecule has 6 heteroatoms. The van der Waals surface area contributed by atoms with Crippen LogP contribution in [-0.2, 0) is 9.59 Å². The average Bonchev–Trinajstić information content (AvgIpc) is 2.64. The second kappa shape index (κ2) is 9.34. The molecule has 0 spiro atoms. The molecule has 1 aliphatic carbocycles. The number of amides is 1. The highest BCUT2D eigenvalue weighted by Crippen LogP contribution is 2.28. The number of carbonyl (C=O) groups is 2. The standard InChI is InChI=1S/C19H26N2O4/c1-13(20-18(19(23)24)16-5-3-2-4-6-16)15-10-7-14(8-11-15)9-12-17(22)21-25/h7-13,16,18,20,25H,2-6H2,1H3,(H,21,22)(H,23,24)/t13?,18-/m0/s1. The lowest BCUT2D eigenvalue weighted by molar-refractivity contribution is -0.141. The summed E-state index contributed by atoms with van der Waals surface area (Å²) in [7, 11) is 0. The first-order chi connectivity index (χ1) is 12.0.